The average molecular weight is 401 g/mol. The van der Waals surface area contributed by atoms with Crippen molar-refractivity contribution in [1.29, 1.82) is 0 Å². The maximum absolute atomic E-state index is 12.6. The van der Waals surface area contributed by atoms with Gasteiger partial charge in [0.25, 0.3) is 0 Å². The molecule has 8 heteroatoms. The van der Waals surface area contributed by atoms with Crippen molar-refractivity contribution >= 4 is 38.4 Å². The van der Waals surface area contributed by atoms with Crippen LogP contribution in [0.4, 0.5) is 0 Å². The van der Waals surface area contributed by atoms with Gasteiger partial charge in [0.15, 0.2) is 0 Å². The number of hydrazone groups is 1. The van der Waals surface area contributed by atoms with E-state index in [1.165, 1.54) is 4.41 Å². The molecule has 2 heterocycles. The lowest BCUT2D eigenvalue weighted by Crippen LogP contribution is -2.28. The van der Waals surface area contributed by atoms with Gasteiger partial charge in [0.1, 0.15) is 0 Å². The highest BCUT2D eigenvalue weighted by molar-refractivity contribution is 7.89. The second-order valence-electron chi connectivity index (χ2n) is 6.25. The van der Waals surface area contributed by atoms with E-state index in [1.54, 1.807) is 31.5 Å². The number of hydrogen-bond donors (Lipinski definition) is 0. The third-order valence-corrected chi connectivity index (χ3v) is 6.47. The van der Waals surface area contributed by atoms with Crippen LogP contribution in [0, 0.1) is 0 Å². The highest BCUT2D eigenvalue weighted by atomic mass is 35.5. The number of hydrogen-bond acceptors (Lipinski definition) is 5. The Kier molecular flexibility index (Phi) is 4.57. The molecule has 0 fully saturated rings. The van der Waals surface area contributed by atoms with Gasteiger partial charge in [-0.25, -0.2) is 8.42 Å². The van der Waals surface area contributed by atoms with E-state index in [1.807, 2.05) is 30.3 Å². The first kappa shape index (κ1) is 17.9. The van der Waals surface area contributed by atoms with Crippen LogP contribution in [0.5, 0.6) is 0 Å². The monoisotopic (exact) mass is 400 g/mol. The molecule has 1 aliphatic heterocycles. The summed E-state index contributed by atoms with van der Waals surface area (Å²) in [7, 11) is -3.51. The van der Waals surface area contributed by atoms with E-state index in [-0.39, 0.29) is 5.75 Å². The molecule has 1 aromatic heterocycles. The van der Waals surface area contributed by atoms with E-state index in [4.69, 9.17) is 11.6 Å². The van der Waals surface area contributed by atoms with E-state index in [0.717, 1.165) is 22.2 Å². The fourth-order valence-corrected chi connectivity index (χ4v) is 4.33. The number of aromatic nitrogens is 2. The maximum Gasteiger partial charge on any atom is 0.250 e. The minimum absolute atomic E-state index is 0.0196. The van der Waals surface area contributed by atoms with Crippen LogP contribution in [0.25, 0.3) is 11.0 Å². The molecule has 27 heavy (non-hydrogen) atoms. The van der Waals surface area contributed by atoms with E-state index >= 15 is 0 Å². The zero-order valence-corrected chi connectivity index (χ0v) is 16.2. The maximum atomic E-state index is 12.6. The molecule has 0 N–H and O–H groups in total. The molecule has 0 saturated carbocycles. The Labute approximate surface area is 162 Å². The van der Waals surface area contributed by atoms with Gasteiger partial charge in [-0.1, -0.05) is 29.8 Å². The predicted molar refractivity (Wildman–Crippen MR) is 106 cm³/mol. The molecule has 138 valence electrons. The summed E-state index contributed by atoms with van der Waals surface area (Å²) in [5.74, 6) is -0.0196. The van der Waals surface area contributed by atoms with Gasteiger partial charge in [0.05, 0.1) is 28.5 Å². The molecule has 1 unspecified atom stereocenters. The van der Waals surface area contributed by atoms with Crippen LogP contribution in [0.15, 0.2) is 60.0 Å². The first-order chi connectivity index (χ1) is 13.0. The zero-order chi connectivity index (χ0) is 19.0. The Bertz CT molecular complexity index is 1130. The SMILES string of the molecule is CCS(=O)(=O)N1N=C(c2ccc(Cl)cc2)CC1c1ccc2nccnc2c1. The van der Waals surface area contributed by atoms with Gasteiger partial charge in [0.2, 0.25) is 10.0 Å². The summed E-state index contributed by atoms with van der Waals surface area (Å²) in [6.45, 7) is 1.62. The quantitative estimate of drug-likeness (QED) is 0.667. The van der Waals surface area contributed by atoms with E-state index in [9.17, 15) is 8.42 Å². The Morgan fingerprint density at radius 2 is 1.78 bits per heavy atom. The van der Waals surface area contributed by atoms with Gasteiger partial charge in [-0.2, -0.15) is 9.52 Å². The highest BCUT2D eigenvalue weighted by Crippen LogP contribution is 2.36. The number of nitrogens with zero attached hydrogens (tertiary/aromatic N) is 4. The van der Waals surface area contributed by atoms with Crippen LogP contribution >= 0.6 is 11.6 Å². The van der Waals surface area contributed by atoms with Crippen molar-refractivity contribution in [2.45, 2.75) is 19.4 Å². The molecule has 6 nitrogen and oxygen atoms in total. The molecule has 0 saturated heterocycles. The second-order valence-corrected chi connectivity index (χ2v) is 8.80. The number of sulfonamides is 1. The standard InChI is InChI=1S/C19H17ClN4O2S/c1-2-27(25,26)24-19(12-17(23-24)13-3-6-15(20)7-4-13)14-5-8-16-18(11-14)22-10-9-21-16/h3-11,19H,2,12H2,1H3. The normalized spacial score (nSPS) is 17.3. The molecule has 0 amide bonds. The largest absolute Gasteiger partial charge is 0.253 e. The van der Waals surface area contributed by atoms with Crippen LogP contribution in [-0.2, 0) is 10.0 Å². The smallest absolute Gasteiger partial charge is 0.250 e. The first-order valence-electron chi connectivity index (χ1n) is 8.54. The van der Waals surface area contributed by atoms with Crippen LogP contribution in [0.1, 0.15) is 30.5 Å². The van der Waals surface area contributed by atoms with Crippen LogP contribution in [0.3, 0.4) is 0 Å². The van der Waals surface area contributed by atoms with Crippen molar-refractivity contribution in [2.75, 3.05) is 5.75 Å². The number of fused-ring (bicyclic) bond motifs is 1. The molecule has 1 aliphatic rings. The molecule has 3 aromatic rings. The van der Waals surface area contributed by atoms with E-state index in [0.29, 0.717) is 17.2 Å². The third-order valence-electron chi connectivity index (χ3n) is 4.58. The van der Waals surface area contributed by atoms with Gasteiger partial charge in [0, 0.05) is 23.8 Å². The van der Waals surface area contributed by atoms with Gasteiger partial charge in [-0.3, -0.25) is 9.97 Å². The summed E-state index contributed by atoms with van der Waals surface area (Å²) >= 11 is 5.96. The topological polar surface area (TPSA) is 75.5 Å². The number of benzene rings is 2. The summed E-state index contributed by atoms with van der Waals surface area (Å²) in [6, 6.07) is 12.5. The fraction of sp³-hybridized carbons (Fsp3) is 0.211. The van der Waals surface area contributed by atoms with E-state index < -0.39 is 16.1 Å². The number of halogens is 1. The van der Waals surface area contributed by atoms with E-state index in [2.05, 4.69) is 15.1 Å². The predicted octanol–water partition coefficient (Wildman–Crippen LogP) is 3.78. The van der Waals surface area contributed by atoms with Crippen LogP contribution in [-0.4, -0.2) is 34.3 Å². The summed E-state index contributed by atoms with van der Waals surface area (Å²) in [5.41, 5.74) is 3.91. The lowest BCUT2D eigenvalue weighted by Gasteiger charge is -2.22. The molecule has 0 radical (unpaired) electrons. The molecule has 4 rings (SSSR count). The molecular formula is C19H17ClN4O2S. The minimum Gasteiger partial charge on any atom is -0.253 e. The second kappa shape index (κ2) is 6.90. The van der Waals surface area contributed by atoms with Crippen molar-refractivity contribution in [3.05, 3.63) is 71.0 Å². The fourth-order valence-electron chi connectivity index (χ4n) is 3.13. The third kappa shape index (κ3) is 3.40. The van der Waals surface area contributed by atoms with Crippen LogP contribution in [0.2, 0.25) is 5.02 Å². The average Bonchev–Trinajstić information content (AvgIpc) is 3.14. The van der Waals surface area contributed by atoms with Crippen molar-refractivity contribution in [1.82, 2.24) is 14.4 Å². The molecule has 1 atom stereocenters. The van der Waals surface area contributed by atoms with Gasteiger partial charge < -0.3 is 0 Å². The van der Waals surface area contributed by atoms with Gasteiger partial charge >= 0.3 is 0 Å². The Hall–Kier alpha value is -2.51. The zero-order valence-electron chi connectivity index (χ0n) is 14.6. The Morgan fingerprint density at radius 3 is 2.48 bits per heavy atom. The minimum atomic E-state index is -3.51. The van der Waals surface area contributed by atoms with Crippen LogP contribution < -0.4 is 0 Å². The molecule has 0 aliphatic carbocycles. The van der Waals surface area contributed by atoms with Crippen molar-refractivity contribution < 1.29 is 8.42 Å². The number of rotatable bonds is 4. The summed E-state index contributed by atoms with van der Waals surface area (Å²) in [4.78, 5) is 8.59. The summed E-state index contributed by atoms with van der Waals surface area (Å²) < 4.78 is 26.5. The van der Waals surface area contributed by atoms with Crippen molar-refractivity contribution in [2.24, 2.45) is 5.10 Å². The van der Waals surface area contributed by atoms with Gasteiger partial charge in [-0.05, 0) is 42.3 Å². The highest BCUT2D eigenvalue weighted by Gasteiger charge is 2.35. The molecular weight excluding hydrogens is 384 g/mol. The Balaban J connectivity index is 1.77. The summed E-state index contributed by atoms with van der Waals surface area (Å²) in [6.07, 6.45) is 3.73. The van der Waals surface area contributed by atoms with Crippen molar-refractivity contribution in [3.63, 3.8) is 0 Å². The molecule has 0 spiro atoms. The first-order valence-corrected chi connectivity index (χ1v) is 10.5. The molecule has 2 aromatic carbocycles. The van der Waals surface area contributed by atoms with Crippen molar-refractivity contribution in [3.8, 4) is 0 Å². The summed E-state index contributed by atoms with van der Waals surface area (Å²) in [5, 5.41) is 5.08. The van der Waals surface area contributed by atoms with Gasteiger partial charge in [-0.15, -0.1) is 0 Å². The lowest BCUT2D eigenvalue weighted by atomic mass is 9.99. The lowest BCUT2D eigenvalue weighted by molar-refractivity contribution is 0.372. The Morgan fingerprint density at radius 1 is 1.07 bits per heavy atom. The molecule has 0 bridgehead atoms.